The number of carboxylic acids is 10. The van der Waals surface area contributed by atoms with E-state index in [4.69, 9.17) is 119 Å². The topological polar surface area (TPSA) is 724 Å². The summed E-state index contributed by atoms with van der Waals surface area (Å²) in [6.45, 7) is 13.1. The number of hydrogen-bond donors (Lipinski definition) is 24. The lowest BCUT2D eigenvalue weighted by atomic mass is 10.0. The highest BCUT2D eigenvalue weighted by Gasteiger charge is 2.20. The molecule has 0 saturated carbocycles. The Morgan fingerprint density at radius 3 is 1.24 bits per heavy atom. The van der Waals surface area contributed by atoms with E-state index in [1.54, 1.807) is 31.8 Å². The van der Waals surface area contributed by atoms with Crippen molar-refractivity contribution < 1.29 is 104 Å². The first-order valence-corrected chi connectivity index (χ1v) is 32.3. The van der Waals surface area contributed by atoms with Gasteiger partial charge in [-0.25, -0.2) is 4.98 Å². The van der Waals surface area contributed by atoms with Gasteiger partial charge >= 0.3 is 59.7 Å². The largest absolute Gasteiger partial charge is 0.480 e. The van der Waals surface area contributed by atoms with Crippen LogP contribution < -0.4 is 63.1 Å². The molecule has 3 aromatic rings. The van der Waals surface area contributed by atoms with E-state index in [0.717, 1.165) is 41.5 Å². The van der Waals surface area contributed by atoms with E-state index in [2.05, 4.69) is 15.0 Å². The Morgan fingerprint density at radius 2 is 0.935 bits per heavy atom. The molecule has 3 rings (SSSR count). The summed E-state index contributed by atoms with van der Waals surface area (Å²) in [6.07, 6.45) is 10.6. The third kappa shape index (κ3) is 56.5. The molecule has 38 heteroatoms. The molecule has 2 aromatic heterocycles. The Hall–Kier alpha value is -6.76. The standard InChI is InChI=1S/C11H12N2O2.C6H9N3O2.C6H12N2O4S2.C6H14N2O2.2C6H13NO2.C5H11NO2S.C5H11NO2.C4H9NO3/c12-9(11(14)15)5-7-6-13-10-4-2-1-3-8(7)10;7-5(6(10)11)1-4-2-8-3-9-4;7-3(5(9)10)1-13-14-2-4(8)6(11)12;7-4-2-1-3-5(8)6(9)10;1-4(2)3-5(7)6(8)9;1-3-4(2)5(7)6(8)9;1-9-3-2-4(6)5(7)8;1-3(2)4(6)5(7)8;1-2(6)3(5)4(7)8/h1-4,6,9,13H,5,12H2,(H,14,15);2-3,5H,1,7H2,(H,8,9)(H,10,11);3-4H,1-2,7-8H2,(H,9,10)(H,11,12);5H,1-4,7-8H2,(H,9,10);2*4-5H,3,7H2,1-2H3,(H,8,9);4H,2-3,6H2,1H3,(H,7,8);3-4H,6H2,1-2H3,(H,7,8);2-3,6H,5H2,1H3,(H,7,8)/t9-;5-;3-,4-;2*5-;4-,5-;2*4-;2-,3+/m000000001/s1. The van der Waals surface area contributed by atoms with E-state index in [0.29, 0.717) is 43.8 Å². The summed E-state index contributed by atoms with van der Waals surface area (Å²) in [7, 11) is 2.41. The zero-order chi connectivity index (χ0) is 73.8. The number of unbranched alkanes of at least 4 members (excludes halogenated alkanes) is 1. The van der Waals surface area contributed by atoms with Gasteiger partial charge in [0.25, 0.3) is 0 Å². The van der Waals surface area contributed by atoms with E-state index >= 15 is 0 Å². The molecule has 35 N–H and O–H groups in total. The first-order chi connectivity index (χ1) is 42.9. The highest BCUT2D eigenvalue weighted by molar-refractivity contribution is 8.76. The van der Waals surface area contributed by atoms with Crippen molar-refractivity contribution >= 4 is 104 Å². The van der Waals surface area contributed by atoms with Crippen LogP contribution in [0.3, 0.4) is 0 Å². The number of benzene rings is 1. The summed E-state index contributed by atoms with van der Waals surface area (Å²) in [5.41, 5.74) is 59.9. The molecular formula is C55H104N14O21S3. The number of rotatable bonds is 32. The van der Waals surface area contributed by atoms with Gasteiger partial charge in [-0.3, -0.25) is 47.9 Å². The lowest BCUT2D eigenvalue weighted by molar-refractivity contribution is -0.141. The van der Waals surface area contributed by atoms with Crippen LogP contribution >= 0.6 is 33.3 Å². The normalized spacial score (nSPS) is 14.1. The van der Waals surface area contributed by atoms with E-state index in [-0.39, 0.29) is 29.8 Å². The number of fused-ring (bicyclic) bond motifs is 1. The molecule has 35 nitrogen and oxygen atoms in total. The highest BCUT2D eigenvalue weighted by atomic mass is 33.1. The van der Waals surface area contributed by atoms with Gasteiger partial charge in [0.1, 0.15) is 60.4 Å². The Kier molecular flexibility index (Phi) is 60.6. The number of aliphatic hydroxyl groups excluding tert-OH is 1. The third-order valence-corrected chi connectivity index (χ3v) is 14.7. The van der Waals surface area contributed by atoms with Gasteiger partial charge in [-0.05, 0) is 80.5 Å². The number of aliphatic hydroxyl groups is 1. The number of para-hydroxylation sites is 1. The Bertz CT molecular complexity index is 2500. The molecule has 0 fully saturated rings. The fraction of sp³-hybridized carbons (Fsp3) is 0.618. The molecule has 0 spiro atoms. The van der Waals surface area contributed by atoms with Gasteiger partial charge in [0.15, 0.2) is 0 Å². The monoisotopic (exact) mass is 1390 g/mol. The summed E-state index contributed by atoms with van der Waals surface area (Å²) in [4.78, 5) is 111. The molecule has 0 bridgehead atoms. The number of aromatic amines is 2. The summed E-state index contributed by atoms with van der Waals surface area (Å²) in [5.74, 6) is -8.18. The number of carboxylic acid groups (broad SMARTS) is 10. The number of nitrogens with one attached hydrogen (secondary N) is 2. The van der Waals surface area contributed by atoms with Crippen molar-refractivity contribution in [2.24, 2.45) is 80.8 Å². The predicted octanol–water partition coefficient (Wildman–Crippen LogP) is -0.921. The summed E-state index contributed by atoms with van der Waals surface area (Å²) in [5, 5.41) is 93.0. The van der Waals surface area contributed by atoms with Gasteiger partial charge in [0, 0.05) is 47.6 Å². The SMILES string of the molecule is CC(C)C[C@H](N)C(=O)O.CC(C)[C@H](N)C(=O)O.CC[C@H](C)[C@H](N)C(=O)O.CSCC[C@H](N)C(=O)O.C[C@@H](O)[C@H](N)C(=O)O.NCCCC[C@H](N)C(=O)O.N[C@@H](CSSC[C@H](N)C(=O)O)C(=O)O.N[C@@H](Cc1c[nH]c2ccccc12)C(=O)O.N[C@@H](Cc1c[nH]cn1)C(=O)O. The molecular weight excluding hydrogens is 1290 g/mol. The quantitative estimate of drug-likeness (QED) is 0.0265. The minimum absolute atomic E-state index is 0.0208. The average molecular weight is 1390 g/mol. The average Bonchev–Trinajstić information content (AvgIpc) is 1.71. The van der Waals surface area contributed by atoms with Crippen LogP contribution in [-0.4, -0.2) is 227 Å². The van der Waals surface area contributed by atoms with E-state index < -0.39 is 126 Å². The Labute approximate surface area is 552 Å². The van der Waals surface area contributed by atoms with Crippen molar-refractivity contribution in [2.75, 3.05) is 30.1 Å². The van der Waals surface area contributed by atoms with Crippen LogP contribution in [0.5, 0.6) is 0 Å². The van der Waals surface area contributed by atoms with E-state index in [1.165, 1.54) is 34.8 Å². The molecule has 0 amide bonds. The number of hydrogen-bond acceptors (Lipinski definition) is 26. The van der Waals surface area contributed by atoms with Crippen LogP contribution in [0, 0.1) is 17.8 Å². The van der Waals surface area contributed by atoms with Crippen molar-refractivity contribution in [2.45, 2.75) is 166 Å². The molecule has 1 aromatic carbocycles. The number of imidazole rings is 1. The fourth-order valence-corrected chi connectivity index (χ4v) is 8.04. The fourth-order valence-electron chi connectivity index (χ4n) is 5.32. The zero-order valence-corrected chi connectivity index (χ0v) is 56.1. The summed E-state index contributed by atoms with van der Waals surface area (Å²) >= 11 is 1.60. The predicted molar refractivity (Wildman–Crippen MR) is 357 cm³/mol. The maximum Gasteiger partial charge on any atom is 0.323 e. The molecule has 0 radical (unpaired) electrons. The lowest BCUT2D eigenvalue weighted by Gasteiger charge is -2.11. The Morgan fingerprint density at radius 1 is 0.516 bits per heavy atom. The van der Waals surface area contributed by atoms with Crippen LogP contribution in [0.4, 0.5) is 0 Å². The highest BCUT2D eigenvalue weighted by Crippen LogP contribution is 2.22. The smallest absolute Gasteiger partial charge is 0.323 e. The van der Waals surface area contributed by atoms with Crippen molar-refractivity contribution in [3.63, 3.8) is 0 Å². The van der Waals surface area contributed by atoms with Crippen molar-refractivity contribution in [3.05, 3.63) is 54.2 Å². The number of aliphatic carboxylic acids is 10. The number of nitrogens with zero attached hydrogens (tertiary/aromatic N) is 1. The molecule has 0 aliphatic heterocycles. The third-order valence-electron chi connectivity index (χ3n) is 11.6. The molecule has 0 aliphatic rings. The van der Waals surface area contributed by atoms with Crippen LogP contribution in [0.25, 0.3) is 10.9 Å². The Balaban J connectivity index is -0.000000231. The van der Waals surface area contributed by atoms with Gasteiger partial charge in [-0.2, -0.15) is 11.8 Å². The van der Waals surface area contributed by atoms with Gasteiger partial charge < -0.3 is 129 Å². The summed E-state index contributed by atoms with van der Waals surface area (Å²) < 4.78 is 0. The van der Waals surface area contributed by atoms with Crippen molar-refractivity contribution in [1.82, 2.24) is 15.0 Å². The first-order valence-electron chi connectivity index (χ1n) is 28.4. The number of nitrogens with two attached hydrogens (primary N) is 11. The maximum absolute atomic E-state index is 10.6. The summed E-state index contributed by atoms with van der Waals surface area (Å²) in [6, 6.07) is -0.453. The minimum atomic E-state index is -1.18. The van der Waals surface area contributed by atoms with Crippen LogP contribution in [0.1, 0.15) is 98.2 Å². The molecule has 538 valence electrons. The van der Waals surface area contributed by atoms with Gasteiger partial charge in [-0.1, -0.05) is 94.2 Å². The minimum Gasteiger partial charge on any atom is -0.480 e. The number of aromatic nitrogens is 3. The second-order valence-corrected chi connectivity index (χ2v) is 24.2. The first kappa shape index (κ1) is 97.3. The van der Waals surface area contributed by atoms with Gasteiger partial charge in [-0.15, -0.1) is 0 Å². The molecule has 93 heavy (non-hydrogen) atoms. The van der Waals surface area contributed by atoms with Crippen molar-refractivity contribution in [3.8, 4) is 0 Å². The number of carbonyl (C=O) groups is 10. The van der Waals surface area contributed by atoms with Gasteiger partial charge in [0.2, 0.25) is 0 Å². The van der Waals surface area contributed by atoms with Gasteiger partial charge in [0.05, 0.1) is 18.1 Å². The van der Waals surface area contributed by atoms with E-state index in [1.807, 2.05) is 64.4 Å². The van der Waals surface area contributed by atoms with Crippen LogP contribution in [-0.2, 0) is 60.8 Å². The second kappa shape index (κ2) is 57.9. The maximum atomic E-state index is 10.6. The zero-order valence-electron chi connectivity index (χ0n) is 53.6. The van der Waals surface area contributed by atoms with Crippen molar-refractivity contribution in [1.29, 1.82) is 0 Å². The molecule has 0 aliphatic carbocycles. The molecule has 0 saturated heterocycles. The lowest BCUT2D eigenvalue weighted by Crippen LogP contribution is -2.39. The molecule has 0 unspecified atom stereocenters. The number of thioether (sulfide) groups is 1. The number of H-pyrrole nitrogens is 2. The molecule has 2 heterocycles. The van der Waals surface area contributed by atoms with Crippen LogP contribution in [0.15, 0.2) is 43.0 Å². The molecule has 12 atom stereocenters. The second-order valence-electron chi connectivity index (χ2n) is 20.7. The van der Waals surface area contributed by atoms with E-state index in [9.17, 15) is 47.9 Å². The van der Waals surface area contributed by atoms with Crippen LogP contribution in [0.2, 0.25) is 0 Å².